The van der Waals surface area contributed by atoms with E-state index in [-0.39, 0.29) is 0 Å². The third-order valence-electron chi connectivity index (χ3n) is 2.44. The Labute approximate surface area is 69.3 Å². The van der Waals surface area contributed by atoms with E-state index in [1.165, 1.54) is 6.42 Å². The molecule has 3 nitrogen and oxygen atoms in total. The Balaban J connectivity index is 2.40. The monoisotopic (exact) mass is 156 g/mol. The Bertz CT molecular complexity index is 117. The average Bonchev–Trinajstić information content (AvgIpc) is 2.31. The Morgan fingerprint density at radius 1 is 1.64 bits per heavy atom. The van der Waals surface area contributed by atoms with Crippen molar-refractivity contribution in [1.82, 2.24) is 10.0 Å². The molecule has 0 aromatic carbocycles. The minimum Gasteiger partial charge on any atom is -0.527 e. The molecular formula is C8H18N3-. The van der Waals surface area contributed by atoms with Crippen LogP contribution in [0.4, 0.5) is 0 Å². The fourth-order valence-electron chi connectivity index (χ4n) is 1.17. The second-order valence-electron chi connectivity index (χ2n) is 3.39. The van der Waals surface area contributed by atoms with E-state index in [4.69, 9.17) is 0 Å². The van der Waals surface area contributed by atoms with Gasteiger partial charge in [0, 0.05) is 6.04 Å². The molecule has 0 bridgehead atoms. The molecule has 11 heavy (non-hydrogen) atoms. The van der Waals surface area contributed by atoms with Crippen molar-refractivity contribution in [1.29, 1.82) is 0 Å². The summed E-state index contributed by atoms with van der Waals surface area (Å²) in [6.07, 6.45) is 1.17. The number of rotatable bonds is 2. The molecular weight excluding hydrogens is 138 g/mol. The van der Waals surface area contributed by atoms with Gasteiger partial charge in [-0.1, -0.05) is 13.8 Å². The molecule has 1 aliphatic heterocycles. The van der Waals surface area contributed by atoms with Crippen LogP contribution in [0.2, 0.25) is 0 Å². The van der Waals surface area contributed by atoms with E-state index in [2.05, 4.69) is 31.3 Å². The van der Waals surface area contributed by atoms with E-state index in [1.54, 1.807) is 0 Å². The van der Waals surface area contributed by atoms with Crippen LogP contribution < -0.4 is 0 Å². The Morgan fingerprint density at radius 2 is 2.27 bits per heavy atom. The molecule has 0 spiro atoms. The quantitative estimate of drug-likeness (QED) is 0.605. The van der Waals surface area contributed by atoms with Gasteiger partial charge in [0.25, 0.3) is 0 Å². The highest BCUT2D eigenvalue weighted by Crippen LogP contribution is 2.21. The Morgan fingerprint density at radius 3 is 2.64 bits per heavy atom. The van der Waals surface area contributed by atoms with Gasteiger partial charge in [0.05, 0.1) is 0 Å². The van der Waals surface area contributed by atoms with E-state index >= 15 is 0 Å². The van der Waals surface area contributed by atoms with Crippen LogP contribution in [0.5, 0.6) is 0 Å². The number of nitrogens with zero attached hydrogens (tertiary/aromatic N) is 3. The van der Waals surface area contributed by atoms with Gasteiger partial charge in [-0.2, -0.15) is 0 Å². The van der Waals surface area contributed by atoms with Gasteiger partial charge in [0.2, 0.25) is 0 Å². The van der Waals surface area contributed by atoms with Crippen molar-refractivity contribution in [3.05, 3.63) is 5.53 Å². The zero-order chi connectivity index (χ0) is 8.43. The van der Waals surface area contributed by atoms with Gasteiger partial charge >= 0.3 is 0 Å². The summed E-state index contributed by atoms with van der Waals surface area (Å²) < 4.78 is 0. The van der Waals surface area contributed by atoms with Crippen LogP contribution >= 0.6 is 0 Å². The molecule has 1 saturated heterocycles. The Kier molecular flexibility index (Phi) is 2.87. The summed E-state index contributed by atoms with van der Waals surface area (Å²) in [5, 5.41) is 4.21. The van der Waals surface area contributed by atoms with Crippen LogP contribution in [0.15, 0.2) is 0 Å². The van der Waals surface area contributed by atoms with Crippen LogP contribution in [0.3, 0.4) is 0 Å². The molecule has 0 aromatic rings. The zero-order valence-corrected chi connectivity index (χ0v) is 7.91. The van der Waals surface area contributed by atoms with Gasteiger partial charge in [-0.15, -0.1) is 0 Å². The van der Waals surface area contributed by atoms with E-state index in [0.717, 1.165) is 6.54 Å². The van der Waals surface area contributed by atoms with Gasteiger partial charge in [-0.25, -0.2) is 0 Å². The van der Waals surface area contributed by atoms with Crippen molar-refractivity contribution < 1.29 is 0 Å². The summed E-state index contributed by atoms with van der Waals surface area (Å²) >= 11 is 0. The van der Waals surface area contributed by atoms with Gasteiger partial charge in [0.15, 0.2) is 0 Å². The topological polar surface area (TPSA) is 20.6 Å². The minimum absolute atomic E-state index is 0.573. The molecule has 2 atom stereocenters. The van der Waals surface area contributed by atoms with Gasteiger partial charge in [-0.05, 0) is 33.0 Å². The highest BCUT2D eigenvalue weighted by Gasteiger charge is 2.15. The van der Waals surface area contributed by atoms with E-state index in [0.29, 0.717) is 12.1 Å². The third kappa shape index (κ3) is 1.92. The van der Waals surface area contributed by atoms with Crippen molar-refractivity contribution in [2.45, 2.75) is 39.3 Å². The number of hydrogen-bond donors (Lipinski definition) is 0. The fourth-order valence-corrected chi connectivity index (χ4v) is 1.17. The lowest BCUT2D eigenvalue weighted by atomic mass is 10.2. The lowest BCUT2D eigenvalue weighted by Gasteiger charge is -2.37. The van der Waals surface area contributed by atoms with Crippen LogP contribution in [0.1, 0.15) is 27.2 Å². The lowest BCUT2D eigenvalue weighted by Crippen LogP contribution is -2.27. The largest absolute Gasteiger partial charge is 0.527 e. The molecule has 0 aromatic heterocycles. The maximum absolute atomic E-state index is 4.41. The summed E-state index contributed by atoms with van der Waals surface area (Å²) in [6, 6.07) is 1.16. The molecule has 0 aliphatic carbocycles. The molecule has 2 unspecified atom stereocenters. The minimum atomic E-state index is 0.573. The van der Waals surface area contributed by atoms with E-state index in [9.17, 15) is 0 Å². The number of hydrogen-bond acceptors (Lipinski definition) is 2. The average molecular weight is 156 g/mol. The molecule has 1 heterocycles. The lowest BCUT2D eigenvalue weighted by molar-refractivity contribution is 0.284. The summed E-state index contributed by atoms with van der Waals surface area (Å²) in [6.45, 7) is 7.69. The summed E-state index contributed by atoms with van der Waals surface area (Å²) in [7, 11) is 2.03. The first-order valence-corrected chi connectivity index (χ1v) is 4.36. The molecule has 1 aliphatic rings. The molecule has 0 amide bonds. The first-order valence-electron chi connectivity index (χ1n) is 4.36. The predicted molar refractivity (Wildman–Crippen MR) is 47.0 cm³/mol. The highest BCUT2D eigenvalue weighted by molar-refractivity contribution is 4.89. The molecule has 3 heteroatoms. The second-order valence-corrected chi connectivity index (χ2v) is 3.39. The standard InChI is InChI=1S/C8H18N3/c1-5-7(2)11-6-8(3)10(4)9-11/h7-8H,5-6H2,1-4H3/q-1. The van der Waals surface area contributed by atoms with Gasteiger partial charge in [0.1, 0.15) is 0 Å². The Hall–Kier alpha value is -0.120. The number of likely N-dealkylation sites (N-methyl/N-ethyl adjacent to an activating group) is 1. The van der Waals surface area contributed by atoms with Crippen molar-refractivity contribution in [3.63, 3.8) is 0 Å². The smallest absolute Gasteiger partial charge is 0.00150 e. The first-order chi connectivity index (χ1) is 5.15. The molecule has 0 N–H and O–H groups in total. The van der Waals surface area contributed by atoms with Gasteiger partial charge < -0.3 is 15.6 Å². The molecule has 66 valence electrons. The van der Waals surface area contributed by atoms with E-state index in [1.807, 2.05) is 12.1 Å². The van der Waals surface area contributed by atoms with Crippen molar-refractivity contribution >= 4 is 0 Å². The fraction of sp³-hybridized carbons (Fsp3) is 1.00. The zero-order valence-electron chi connectivity index (χ0n) is 7.91. The molecule has 1 rings (SSSR count). The SMILES string of the molecule is CCC(C)N1CC(C)N(C)[N-]1. The maximum atomic E-state index is 4.41. The first kappa shape index (κ1) is 8.97. The highest BCUT2D eigenvalue weighted by atomic mass is 15.8. The summed E-state index contributed by atoms with van der Waals surface area (Å²) in [4.78, 5) is 0. The van der Waals surface area contributed by atoms with E-state index < -0.39 is 0 Å². The molecule has 0 saturated carbocycles. The van der Waals surface area contributed by atoms with Crippen molar-refractivity contribution in [2.24, 2.45) is 0 Å². The van der Waals surface area contributed by atoms with Gasteiger partial charge in [-0.3, -0.25) is 0 Å². The third-order valence-corrected chi connectivity index (χ3v) is 2.44. The normalized spacial score (nSPS) is 31.1. The predicted octanol–water partition coefficient (Wildman–Crippen LogP) is 1.62. The summed E-state index contributed by atoms with van der Waals surface area (Å²) in [5.41, 5.74) is 4.41. The molecule has 1 fully saturated rings. The van der Waals surface area contributed by atoms with Crippen LogP contribution in [-0.2, 0) is 0 Å². The van der Waals surface area contributed by atoms with Crippen molar-refractivity contribution in [3.8, 4) is 0 Å². The van der Waals surface area contributed by atoms with Crippen LogP contribution in [0, 0.1) is 0 Å². The summed E-state index contributed by atoms with van der Waals surface area (Å²) in [5.74, 6) is 0. The second kappa shape index (κ2) is 3.52. The van der Waals surface area contributed by atoms with Crippen LogP contribution in [-0.4, -0.2) is 35.7 Å². The van der Waals surface area contributed by atoms with Crippen molar-refractivity contribution in [2.75, 3.05) is 13.6 Å². The maximum Gasteiger partial charge on any atom is 0.00150 e. The van der Waals surface area contributed by atoms with Crippen LogP contribution in [0.25, 0.3) is 5.53 Å². The molecule has 0 radical (unpaired) electrons.